The largest absolute Gasteiger partial charge is 0.398 e. The summed E-state index contributed by atoms with van der Waals surface area (Å²) >= 11 is 0. The lowest BCUT2D eigenvalue weighted by Crippen LogP contribution is -1.94. The van der Waals surface area contributed by atoms with E-state index in [-0.39, 0.29) is 13.2 Å². The van der Waals surface area contributed by atoms with Crippen LogP contribution < -0.4 is 5.73 Å². The number of hydrogen-bond acceptors (Lipinski definition) is 3. The lowest BCUT2D eigenvalue weighted by Gasteiger charge is -2.01. The molecule has 0 aromatic heterocycles. The second-order valence-corrected chi connectivity index (χ2v) is 2.85. The summed E-state index contributed by atoms with van der Waals surface area (Å²) in [6.07, 6.45) is 0.457. The highest BCUT2D eigenvalue weighted by Gasteiger charge is 1.97. The predicted octanol–water partition coefficient (Wildman–Crippen LogP) is 0.495. The molecule has 0 aliphatic rings. The number of aliphatic hydroxyl groups excluding tert-OH is 2. The Morgan fingerprint density at radius 3 is 2.71 bits per heavy atom. The molecular weight excluding hydrogens is 178 g/mol. The molecular formula is C11H13NO2. The SMILES string of the molecule is Nc1ccc(C#CCCO)cc1CO. The molecule has 0 amide bonds. The van der Waals surface area contributed by atoms with E-state index in [9.17, 15) is 0 Å². The Morgan fingerprint density at radius 2 is 2.07 bits per heavy atom. The van der Waals surface area contributed by atoms with Crippen molar-refractivity contribution in [3.63, 3.8) is 0 Å². The second kappa shape index (κ2) is 5.28. The molecule has 3 heteroatoms. The smallest absolute Gasteiger partial charge is 0.0702 e. The van der Waals surface area contributed by atoms with Crippen molar-refractivity contribution in [3.05, 3.63) is 29.3 Å². The number of hydrogen-bond donors (Lipinski definition) is 3. The molecule has 0 spiro atoms. The number of benzene rings is 1. The molecule has 0 radical (unpaired) electrons. The van der Waals surface area contributed by atoms with Crippen molar-refractivity contribution in [3.8, 4) is 11.8 Å². The van der Waals surface area contributed by atoms with Crippen LogP contribution in [0.25, 0.3) is 0 Å². The van der Waals surface area contributed by atoms with E-state index in [0.717, 1.165) is 5.56 Å². The van der Waals surface area contributed by atoms with Gasteiger partial charge in [-0.15, -0.1) is 0 Å². The van der Waals surface area contributed by atoms with E-state index >= 15 is 0 Å². The van der Waals surface area contributed by atoms with Gasteiger partial charge in [-0.1, -0.05) is 11.8 Å². The highest BCUT2D eigenvalue weighted by molar-refractivity contribution is 5.51. The summed E-state index contributed by atoms with van der Waals surface area (Å²) in [6.45, 7) is -0.0177. The van der Waals surface area contributed by atoms with Crippen LogP contribution in [-0.2, 0) is 6.61 Å². The van der Waals surface area contributed by atoms with Gasteiger partial charge in [0.2, 0.25) is 0 Å². The number of aliphatic hydroxyl groups is 2. The minimum atomic E-state index is -0.0820. The van der Waals surface area contributed by atoms with E-state index < -0.39 is 0 Å². The van der Waals surface area contributed by atoms with Crippen LogP contribution in [0.3, 0.4) is 0 Å². The fourth-order valence-electron chi connectivity index (χ4n) is 1.04. The van der Waals surface area contributed by atoms with E-state index in [1.54, 1.807) is 18.2 Å². The third-order valence-corrected chi connectivity index (χ3v) is 1.78. The van der Waals surface area contributed by atoms with Crippen LogP contribution >= 0.6 is 0 Å². The van der Waals surface area contributed by atoms with Gasteiger partial charge < -0.3 is 15.9 Å². The molecule has 0 atom stereocenters. The monoisotopic (exact) mass is 191 g/mol. The summed E-state index contributed by atoms with van der Waals surface area (Å²) in [5.74, 6) is 5.67. The Hall–Kier alpha value is -1.50. The molecule has 0 bridgehead atoms. The van der Waals surface area contributed by atoms with E-state index in [0.29, 0.717) is 17.7 Å². The van der Waals surface area contributed by atoms with Gasteiger partial charge in [-0.05, 0) is 18.2 Å². The van der Waals surface area contributed by atoms with Crippen molar-refractivity contribution in [1.29, 1.82) is 0 Å². The van der Waals surface area contributed by atoms with E-state index in [1.807, 2.05) is 0 Å². The molecule has 1 aromatic carbocycles. The summed E-state index contributed by atoms with van der Waals surface area (Å²) in [6, 6.07) is 5.26. The molecule has 0 aliphatic carbocycles. The Kier molecular flexibility index (Phi) is 3.99. The lowest BCUT2D eigenvalue weighted by molar-refractivity contribution is 0.282. The van der Waals surface area contributed by atoms with Crippen molar-refractivity contribution in [2.45, 2.75) is 13.0 Å². The van der Waals surface area contributed by atoms with Gasteiger partial charge in [0.15, 0.2) is 0 Å². The van der Waals surface area contributed by atoms with Crippen molar-refractivity contribution >= 4 is 5.69 Å². The van der Waals surface area contributed by atoms with Crippen molar-refractivity contribution in [2.75, 3.05) is 12.3 Å². The first kappa shape index (κ1) is 10.6. The Morgan fingerprint density at radius 1 is 1.29 bits per heavy atom. The van der Waals surface area contributed by atoms with Gasteiger partial charge >= 0.3 is 0 Å². The van der Waals surface area contributed by atoms with Crippen LogP contribution in [0, 0.1) is 11.8 Å². The van der Waals surface area contributed by atoms with Gasteiger partial charge in [-0.3, -0.25) is 0 Å². The normalized spacial score (nSPS) is 9.29. The molecule has 0 aliphatic heterocycles. The summed E-state index contributed by atoms with van der Waals surface area (Å²) in [5.41, 5.74) is 7.66. The molecule has 74 valence electrons. The van der Waals surface area contributed by atoms with E-state index in [2.05, 4.69) is 11.8 Å². The highest BCUT2D eigenvalue weighted by Crippen LogP contribution is 2.13. The number of rotatable bonds is 2. The summed E-state index contributed by atoms with van der Waals surface area (Å²) < 4.78 is 0. The van der Waals surface area contributed by atoms with Crippen LogP contribution in [0.5, 0.6) is 0 Å². The van der Waals surface area contributed by atoms with Crippen LogP contribution in [0.2, 0.25) is 0 Å². The molecule has 0 saturated heterocycles. The molecule has 0 saturated carbocycles. The Labute approximate surface area is 83.2 Å². The molecule has 1 rings (SSSR count). The van der Waals surface area contributed by atoms with Gasteiger partial charge in [0.1, 0.15) is 0 Å². The number of anilines is 1. The average molecular weight is 191 g/mol. The third kappa shape index (κ3) is 2.77. The molecule has 3 nitrogen and oxygen atoms in total. The average Bonchev–Trinajstić information content (AvgIpc) is 2.21. The fourth-order valence-corrected chi connectivity index (χ4v) is 1.04. The first-order valence-corrected chi connectivity index (χ1v) is 4.37. The van der Waals surface area contributed by atoms with Crippen molar-refractivity contribution in [2.24, 2.45) is 0 Å². The zero-order valence-corrected chi connectivity index (χ0v) is 7.83. The standard InChI is InChI=1S/C11H13NO2/c12-11-5-4-9(3-1-2-6-13)7-10(11)8-14/h4-5,7,13-14H,2,6,8,12H2. The Bertz CT molecular complexity index is 363. The molecule has 0 unspecified atom stereocenters. The minimum Gasteiger partial charge on any atom is -0.398 e. The molecule has 0 heterocycles. The van der Waals surface area contributed by atoms with E-state index in [1.165, 1.54) is 0 Å². The summed E-state index contributed by atoms with van der Waals surface area (Å²) in [5, 5.41) is 17.5. The van der Waals surface area contributed by atoms with Crippen LogP contribution in [-0.4, -0.2) is 16.8 Å². The topological polar surface area (TPSA) is 66.5 Å². The van der Waals surface area contributed by atoms with Crippen LogP contribution in [0.1, 0.15) is 17.5 Å². The predicted molar refractivity (Wildman–Crippen MR) is 55.4 cm³/mol. The van der Waals surface area contributed by atoms with Crippen LogP contribution in [0.4, 0.5) is 5.69 Å². The number of nitrogen functional groups attached to an aromatic ring is 1. The van der Waals surface area contributed by atoms with E-state index in [4.69, 9.17) is 15.9 Å². The molecule has 0 fully saturated rings. The second-order valence-electron chi connectivity index (χ2n) is 2.85. The van der Waals surface area contributed by atoms with Gasteiger partial charge in [0, 0.05) is 23.2 Å². The molecule has 14 heavy (non-hydrogen) atoms. The molecule has 1 aromatic rings. The zero-order valence-electron chi connectivity index (χ0n) is 7.83. The maximum atomic E-state index is 8.95. The van der Waals surface area contributed by atoms with Gasteiger partial charge in [-0.25, -0.2) is 0 Å². The summed E-state index contributed by atoms with van der Waals surface area (Å²) in [4.78, 5) is 0. The third-order valence-electron chi connectivity index (χ3n) is 1.78. The van der Waals surface area contributed by atoms with Gasteiger partial charge in [-0.2, -0.15) is 0 Å². The molecule has 4 N–H and O–H groups in total. The van der Waals surface area contributed by atoms with Crippen molar-refractivity contribution in [1.82, 2.24) is 0 Å². The zero-order chi connectivity index (χ0) is 10.4. The maximum absolute atomic E-state index is 8.95. The quantitative estimate of drug-likeness (QED) is 0.471. The summed E-state index contributed by atoms with van der Waals surface area (Å²) in [7, 11) is 0. The van der Waals surface area contributed by atoms with Crippen molar-refractivity contribution < 1.29 is 10.2 Å². The van der Waals surface area contributed by atoms with Gasteiger partial charge in [0.25, 0.3) is 0 Å². The van der Waals surface area contributed by atoms with Gasteiger partial charge in [0.05, 0.1) is 13.2 Å². The fraction of sp³-hybridized carbons (Fsp3) is 0.273. The lowest BCUT2D eigenvalue weighted by atomic mass is 10.1. The first-order chi connectivity index (χ1) is 6.77. The maximum Gasteiger partial charge on any atom is 0.0702 e. The highest BCUT2D eigenvalue weighted by atomic mass is 16.3. The Balaban J connectivity index is 2.86. The minimum absolute atomic E-state index is 0.0643. The first-order valence-electron chi connectivity index (χ1n) is 4.37. The number of nitrogens with two attached hydrogens (primary N) is 1. The van der Waals surface area contributed by atoms with Crippen LogP contribution in [0.15, 0.2) is 18.2 Å².